The molecule has 3 rings (SSSR count). The van der Waals surface area contributed by atoms with E-state index in [1.54, 1.807) is 0 Å². The fraction of sp³-hybridized carbons (Fsp3) is 0.875. The van der Waals surface area contributed by atoms with Crippen molar-refractivity contribution in [2.75, 3.05) is 0 Å². The summed E-state index contributed by atoms with van der Waals surface area (Å²) in [5.41, 5.74) is 2.53. The van der Waals surface area contributed by atoms with Crippen molar-refractivity contribution < 1.29 is 0 Å². The van der Waals surface area contributed by atoms with Gasteiger partial charge in [-0.05, 0) is 61.7 Å². The molecule has 0 spiro atoms. The maximum absolute atomic E-state index is 2.64. The van der Waals surface area contributed by atoms with Gasteiger partial charge < -0.3 is 0 Å². The Bertz CT molecular complexity index is 301. The van der Waals surface area contributed by atoms with Crippen LogP contribution in [0.15, 0.2) is 11.6 Å². The van der Waals surface area contributed by atoms with E-state index in [1.807, 2.05) is 5.57 Å². The Hall–Kier alpha value is -0.260. The summed E-state index contributed by atoms with van der Waals surface area (Å²) >= 11 is 0. The Kier molecular flexibility index (Phi) is 2.64. The average Bonchev–Trinajstić information content (AvgIpc) is 2.28. The summed E-state index contributed by atoms with van der Waals surface area (Å²) in [7, 11) is 0. The summed E-state index contributed by atoms with van der Waals surface area (Å²) in [6.45, 7) is 5.05. The molecule has 0 bridgehead atoms. The second-order valence-electron chi connectivity index (χ2n) is 6.90. The van der Waals surface area contributed by atoms with Crippen molar-refractivity contribution in [1.82, 2.24) is 0 Å². The van der Waals surface area contributed by atoms with E-state index in [0.717, 1.165) is 17.8 Å². The third-order valence-corrected chi connectivity index (χ3v) is 5.89. The van der Waals surface area contributed by atoms with Gasteiger partial charge in [0.2, 0.25) is 0 Å². The van der Waals surface area contributed by atoms with Gasteiger partial charge in [0.15, 0.2) is 0 Å². The van der Waals surface area contributed by atoms with Crippen molar-refractivity contribution in [2.45, 2.75) is 65.2 Å². The van der Waals surface area contributed by atoms with Gasteiger partial charge in [-0.25, -0.2) is 0 Å². The Morgan fingerprint density at radius 2 is 2.06 bits per heavy atom. The third-order valence-electron chi connectivity index (χ3n) is 5.89. The zero-order valence-corrected chi connectivity index (χ0v) is 11.0. The predicted molar refractivity (Wildman–Crippen MR) is 69.3 cm³/mol. The number of allylic oxidation sites excluding steroid dienone is 2. The highest BCUT2D eigenvalue weighted by Crippen LogP contribution is 2.57. The molecule has 0 aliphatic heterocycles. The first kappa shape index (κ1) is 10.9. The lowest BCUT2D eigenvalue weighted by Crippen LogP contribution is -2.42. The molecule has 90 valence electrons. The fourth-order valence-corrected chi connectivity index (χ4v) is 4.83. The van der Waals surface area contributed by atoms with Crippen LogP contribution < -0.4 is 0 Å². The van der Waals surface area contributed by atoms with Crippen LogP contribution in [0.4, 0.5) is 0 Å². The van der Waals surface area contributed by atoms with Gasteiger partial charge in [0.05, 0.1) is 0 Å². The smallest absolute Gasteiger partial charge is 0.0146 e. The van der Waals surface area contributed by atoms with Crippen molar-refractivity contribution in [1.29, 1.82) is 0 Å². The SMILES string of the molecule is CC1CCC2C(=CCC3CCCCC32C)C1. The summed E-state index contributed by atoms with van der Waals surface area (Å²) < 4.78 is 0. The minimum Gasteiger partial charge on any atom is -0.0847 e. The molecule has 16 heavy (non-hydrogen) atoms. The molecule has 0 aromatic heterocycles. The van der Waals surface area contributed by atoms with Gasteiger partial charge in [-0.1, -0.05) is 38.3 Å². The Balaban J connectivity index is 1.89. The van der Waals surface area contributed by atoms with E-state index < -0.39 is 0 Å². The number of fused-ring (bicyclic) bond motifs is 3. The molecule has 0 nitrogen and oxygen atoms in total. The van der Waals surface area contributed by atoms with E-state index >= 15 is 0 Å². The molecule has 0 saturated heterocycles. The van der Waals surface area contributed by atoms with Crippen molar-refractivity contribution in [2.24, 2.45) is 23.2 Å². The van der Waals surface area contributed by atoms with Crippen LogP contribution in [-0.2, 0) is 0 Å². The van der Waals surface area contributed by atoms with E-state index in [4.69, 9.17) is 0 Å². The molecule has 2 fully saturated rings. The van der Waals surface area contributed by atoms with Gasteiger partial charge in [-0.3, -0.25) is 0 Å². The summed E-state index contributed by atoms with van der Waals surface area (Å²) in [6, 6.07) is 0. The lowest BCUT2D eigenvalue weighted by molar-refractivity contribution is 0.0334. The largest absolute Gasteiger partial charge is 0.0847 e. The van der Waals surface area contributed by atoms with Crippen LogP contribution in [0.25, 0.3) is 0 Å². The first-order chi connectivity index (χ1) is 7.70. The van der Waals surface area contributed by atoms with Crippen molar-refractivity contribution >= 4 is 0 Å². The van der Waals surface area contributed by atoms with Crippen LogP contribution in [0.1, 0.15) is 65.2 Å². The quantitative estimate of drug-likeness (QED) is 0.505. The first-order valence-corrected chi connectivity index (χ1v) is 7.39. The average molecular weight is 218 g/mol. The molecule has 0 aromatic rings. The van der Waals surface area contributed by atoms with Gasteiger partial charge in [0, 0.05) is 0 Å². The number of hydrogen-bond donors (Lipinski definition) is 0. The highest BCUT2D eigenvalue weighted by molar-refractivity contribution is 5.20. The Labute approximate surface area is 101 Å². The molecule has 3 aliphatic carbocycles. The summed E-state index contributed by atoms with van der Waals surface area (Å²) in [5.74, 6) is 2.93. The van der Waals surface area contributed by atoms with Gasteiger partial charge in [-0.2, -0.15) is 0 Å². The molecule has 4 unspecified atom stereocenters. The van der Waals surface area contributed by atoms with Gasteiger partial charge in [-0.15, -0.1) is 0 Å². The highest BCUT2D eigenvalue weighted by atomic mass is 14.5. The monoisotopic (exact) mass is 218 g/mol. The normalized spacial score (nSPS) is 47.9. The maximum atomic E-state index is 2.64. The number of rotatable bonds is 0. The summed E-state index contributed by atoms with van der Waals surface area (Å²) in [6.07, 6.45) is 14.4. The second kappa shape index (κ2) is 3.89. The van der Waals surface area contributed by atoms with Crippen LogP contribution in [0, 0.1) is 23.2 Å². The highest BCUT2D eigenvalue weighted by Gasteiger charge is 2.46. The molecule has 0 heteroatoms. The Morgan fingerprint density at radius 3 is 2.94 bits per heavy atom. The van der Waals surface area contributed by atoms with Crippen LogP contribution in [0.2, 0.25) is 0 Å². The zero-order valence-electron chi connectivity index (χ0n) is 11.0. The summed E-state index contributed by atoms with van der Waals surface area (Å²) in [5, 5.41) is 0. The van der Waals surface area contributed by atoms with Crippen LogP contribution in [-0.4, -0.2) is 0 Å². The molecule has 2 saturated carbocycles. The maximum Gasteiger partial charge on any atom is -0.0146 e. The van der Waals surface area contributed by atoms with E-state index in [0.29, 0.717) is 5.41 Å². The Morgan fingerprint density at radius 1 is 1.19 bits per heavy atom. The van der Waals surface area contributed by atoms with Crippen LogP contribution in [0.5, 0.6) is 0 Å². The van der Waals surface area contributed by atoms with E-state index in [-0.39, 0.29) is 0 Å². The lowest BCUT2D eigenvalue weighted by atomic mass is 9.52. The van der Waals surface area contributed by atoms with E-state index in [9.17, 15) is 0 Å². The van der Waals surface area contributed by atoms with Gasteiger partial charge >= 0.3 is 0 Å². The molecule has 0 heterocycles. The van der Waals surface area contributed by atoms with E-state index in [2.05, 4.69) is 19.9 Å². The van der Waals surface area contributed by atoms with Crippen molar-refractivity contribution in [3.63, 3.8) is 0 Å². The molecular formula is C16H26. The molecule has 4 atom stereocenters. The fourth-order valence-electron chi connectivity index (χ4n) is 4.83. The van der Waals surface area contributed by atoms with Crippen LogP contribution >= 0.6 is 0 Å². The topological polar surface area (TPSA) is 0 Å². The minimum absolute atomic E-state index is 0.683. The molecule has 0 radical (unpaired) electrons. The molecule has 0 aromatic carbocycles. The molecule has 3 aliphatic rings. The minimum atomic E-state index is 0.683. The van der Waals surface area contributed by atoms with Crippen LogP contribution in [0.3, 0.4) is 0 Å². The standard InChI is InChI=1S/C16H26/c1-12-6-9-15-13(11-12)7-8-14-5-3-4-10-16(14,15)2/h7,12,14-15H,3-6,8-11H2,1-2H3. The second-order valence-corrected chi connectivity index (χ2v) is 6.90. The van der Waals surface area contributed by atoms with Gasteiger partial charge in [0.1, 0.15) is 0 Å². The van der Waals surface area contributed by atoms with Crippen molar-refractivity contribution in [3.05, 3.63) is 11.6 Å². The number of hydrogen-bond acceptors (Lipinski definition) is 0. The first-order valence-electron chi connectivity index (χ1n) is 7.39. The van der Waals surface area contributed by atoms with Crippen molar-refractivity contribution in [3.8, 4) is 0 Å². The zero-order chi connectivity index (χ0) is 11.2. The van der Waals surface area contributed by atoms with E-state index in [1.165, 1.54) is 51.4 Å². The predicted octanol–water partition coefficient (Wildman–Crippen LogP) is 4.95. The lowest BCUT2D eigenvalue weighted by Gasteiger charge is -2.52. The third kappa shape index (κ3) is 1.57. The summed E-state index contributed by atoms with van der Waals surface area (Å²) in [4.78, 5) is 0. The molecular weight excluding hydrogens is 192 g/mol. The molecule has 0 amide bonds. The van der Waals surface area contributed by atoms with Gasteiger partial charge in [0.25, 0.3) is 0 Å². The molecule has 0 N–H and O–H groups in total.